The van der Waals surface area contributed by atoms with E-state index in [0.717, 1.165) is 42.4 Å². The molecule has 1 heterocycles. The zero-order valence-electron chi connectivity index (χ0n) is 12.0. The Morgan fingerprint density at radius 1 is 1.21 bits per heavy atom. The molecule has 0 aromatic carbocycles. The van der Waals surface area contributed by atoms with Crippen molar-refractivity contribution in [2.75, 3.05) is 0 Å². The Labute approximate surface area is 115 Å². The van der Waals surface area contributed by atoms with Crippen LogP contribution >= 0.6 is 0 Å². The second-order valence-corrected chi connectivity index (χ2v) is 6.83. The van der Waals surface area contributed by atoms with E-state index < -0.39 is 0 Å². The molecule has 3 atom stereocenters. The number of aromatic nitrogens is 3. The molecule has 0 spiro atoms. The van der Waals surface area contributed by atoms with E-state index in [1.54, 1.807) is 0 Å². The highest BCUT2D eigenvalue weighted by Gasteiger charge is 2.39. The third-order valence-electron chi connectivity index (χ3n) is 4.92. The molecule has 2 saturated carbocycles. The van der Waals surface area contributed by atoms with Gasteiger partial charge in [0.05, 0.1) is 0 Å². The Balaban J connectivity index is 1.75. The zero-order valence-corrected chi connectivity index (χ0v) is 12.0. The first-order valence-corrected chi connectivity index (χ1v) is 7.69. The summed E-state index contributed by atoms with van der Waals surface area (Å²) in [6.45, 7) is 5.31. The number of aliphatic hydroxyl groups excluding tert-OH is 1. The van der Waals surface area contributed by atoms with Crippen LogP contribution in [0.15, 0.2) is 0 Å². The topological polar surface area (TPSA) is 50.9 Å². The van der Waals surface area contributed by atoms with Gasteiger partial charge in [0.2, 0.25) is 0 Å². The van der Waals surface area contributed by atoms with Crippen LogP contribution in [0.5, 0.6) is 0 Å². The zero-order chi connectivity index (χ0) is 13.4. The maximum absolute atomic E-state index is 9.39. The first-order chi connectivity index (χ1) is 9.17. The average Bonchev–Trinajstić information content (AvgIpc) is 3.05. The number of aliphatic hydroxyl groups is 1. The van der Waals surface area contributed by atoms with Crippen molar-refractivity contribution in [2.24, 2.45) is 23.7 Å². The summed E-state index contributed by atoms with van der Waals surface area (Å²) < 4.78 is 2.15. The Kier molecular flexibility index (Phi) is 3.61. The maximum atomic E-state index is 9.39. The predicted octanol–water partition coefficient (Wildman–Crippen LogP) is 2.41. The van der Waals surface area contributed by atoms with Gasteiger partial charge < -0.3 is 9.67 Å². The smallest absolute Gasteiger partial charge is 0.158 e. The fraction of sp³-hybridized carbons (Fsp3) is 0.867. The van der Waals surface area contributed by atoms with Crippen molar-refractivity contribution in [3.63, 3.8) is 0 Å². The highest BCUT2D eigenvalue weighted by atomic mass is 16.3. The van der Waals surface area contributed by atoms with E-state index in [1.807, 2.05) is 0 Å². The molecule has 0 aliphatic heterocycles. The number of fused-ring (bicyclic) bond motifs is 2. The van der Waals surface area contributed by atoms with E-state index in [1.165, 1.54) is 25.7 Å². The van der Waals surface area contributed by atoms with Crippen LogP contribution in [0.2, 0.25) is 0 Å². The molecule has 2 fully saturated rings. The van der Waals surface area contributed by atoms with E-state index in [2.05, 4.69) is 28.6 Å². The van der Waals surface area contributed by atoms with Gasteiger partial charge in [0.25, 0.3) is 0 Å². The van der Waals surface area contributed by atoms with Gasteiger partial charge in [-0.05, 0) is 42.9 Å². The molecule has 19 heavy (non-hydrogen) atoms. The molecule has 0 radical (unpaired) electrons. The fourth-order valence-corrected chi connectivity index (χ4v) is 4.08. The van der Waals surface area contributed by atoms with Crippen LogP contribution in [0.1, 0.15) is 51.2 Å². The van der Waals surface area contributed by atoms with Gasteiger partial charge in [0.1, 0.15) is 12.4 Å². The van der Waals surface area contributed by atoms with Crippen LogP contribution in [0.3, 0.4) is 0 Å². The number of nitrogens with zero attached hydrogens (tertiary/aromatic N) is 3. The van der Waals surface area contributed by atoms with Gasteiger partial charge in [-0.2, -0.15) is 0 Å². The Hall–Kier alpha value is -0.900. The summed E-state index contributed by atoms with van der Waals surface area (Å²) in [6.07, 6.45) is 6.74. The third kappa shape index (κ3) is 2.55. The molecule has 3 unspecified atom stereocenters. The highest BCUT2D eigenvalue weighted by Crippen LogP contribution is 2.49. The lowest BCUT2D eigenvalue weighted by Gasteiger charge is -2.21. The fourth-order valence-electron chi connectivity index (χ4n) is 4.08. The maximum Gasteiger partial charge on any atom is 0.158 e. The first kappa shape index (κ1) is 13.1. The van der Waals surface area contributed by atoms with Crippen LogP contribution in [0.25, 0.3) is 0 Å². The average molecular weight is 263 g/mol. The molecular weight excluding hydrogens is 238 g/mol. The minimum atomic E-state index is -0.00353. The van der Waals surface area contributed by atoms with Gasteiger partial charge in [-0.25, -0.2) is 0 Å². The van der Waals surface area contributed by atoms with Gasteiger partial charge in [0, 0.05) is 13.0 Å². The van der Waals surface area contributed by atoms with Crippen molar-refractivity contribution in [3.05, 3.63) is 11.6 Å². The van der Waals surface area contributed by atoms with E-state index in [-0.39, 0.29) is 6.61 Å². The molecule has 3 rings (SSSR count). The van der Waals surface area contributed by atoms with Crippen LogP contribution in [-0.4, -0.2) is 19.9 Å². The third-order valence-corrected chi connectivity index (χ3v) is 4.92. The van der Waals surface area contributed by atoms with Gasteiger partial charge in [-0.1, -0.05) is 20.3 Å². The molecule has 4 nitrogen and oxygen atoms in total. The van der Waals surface area contributed by atoms with Crippen LogP contribution in [-0.2, 0) is 19.6 Å². The van der Waals surface area contributed by atoms with Gasteiger partial charge >= 0.3 is 0 Å². The minimum absolute atomic E-state index is 0.00353. The molecular formula is C15H25N3O. The van der Waals surface area contributed by atoms with E-state index >= 15 is 0 Å². The van der Waals surface area contributed by atoms with Crippen molar-refractivity contribution in [3.8, 4) is 0 Å². The lowest BCUT2D eigenvalue weighted by molar-refractivity contribution is 0.260. The quantitative estimate of drug-likeness (QED) is 0.887. The van der Waals surface area contributed by atoms with Crippen molar-refractivity contribution < 1.29 is 5.11 Å². The second kappa shape index (κ2) is 5.23. The lowest BCUT2D eigenvalue weighted by atomic mass is 9.86. The summed E-state index contributed by atoms with van der Waals surface area (Å²) in [6, 6.07) is 0. The number of rotatable bonds is 5. The molecule has 1 N–H and O–H groups in total. The molecule has 4 heteroatoms. The van der Waals surface area contributed by atoms with Gasteiger partial charge in [-0.15, -0.1) is 10.2 Å². The van der Waals surface area contributed by atoms with E-state index in [0.29, 0.717) is 5.92 Å². The molecule has 106 valence electrons. The summed E-state index contributed by atoms with van der Waals surface area (Å²) >= 11 is 0. The van der Waals surface area contributed by atoms with Gasteiger partial charge in [-0.3, -0.25) is 0 Å². The highest BCUT2D eigenvalue weighted by molar-refractivity contribution is 5.00. The van der Waals surface area contributed by atoms with E-state index in [9.17, 15) is 5.11 Å². The summed E-state index contributed by atoms with van der Waals surface area (Å²) in [4.78, 5) is 0. The van der Waals surface area contributed by atoms with Crippen molar-refractivity contribution in [2.45, 2.75) is 59.1 Å². The number of hydrogen-bond acceptors (Lipinski definition) is 3. The molecule has 2 bridgehead atoms. The van der Waals surface area contributed by atoms with Gasteiger partial charge in [0.15, 0.2) is 5.82 Å². The molecule has 1 aromatic rings. The molecule has 1 aromatic heterocycles. The Morgan fingerprint density at radius 2 is 2.00 bits per heavy atom. The normalized spacial score (nSPS) is 29.6. The standard InChI is InChI=1S/C15H25N3O/c1-10(2)8-18-14(16-17-15(18)9-19)7-13-6-11-3-4-12(13)5-11/h10-13,19H,3-9H2,1-2H3. The molecule has 2 aliphatic carbocycles. The van der Waals surface area contributed by atoms with Crippen molar-refractivity contribution >= 4 is 0 Å². The first-order valence-electron chi connectivity index (χ1n) is 7.69. The summed E-state index contributed by atoms with van der Waals surface area (Å²) in [5.41, 5.74) is 0. The Bertz CT molecular complexity index is 441. The van der Waals surface area contributed by atoms with Crippen LogP contribution < -0.4 is 0 Å². The van der Waals surface area contributed by atoms with E-state index in [4.69, 9.17) is 0 Å². The number of hydrogen-bond donors (Lipinski definition) is 1. The van der Waals surface area contributed by atoms with Crippen molar-refractivity contribution in [1.29, 1.82) is 0 Å². The SMILES string of the molecule is CC(C)Cn1c(CO)nnc1CC1CC2CCC1C2. The lowest BCUT2D eigenvalue weighted by Crippen LogP contribution is -2.18. The summed E-state index contributed by atoms with van der Waals surface area (Å²) in [5.74, 6) is 5.09. The molecule has 2 aliphatic rings. The molecule has 0 amide bonds. The van der Waals surface area contributed by atoms with Crippen LogP contribution in [0, 0.1) is 23.7 Å². The largest absolute Gasteiger partial charge is 0.388 e. The monoisotopic (exact) mass is 263 g/mol. The van der Waals surface area contributed by atoms with Crippen LogP contribution in [0.4, 0.5) is 0 Å². The van der Waals surface area contributed by atoms with Crippen molar-refractivity contribution in [1.82, 2.24) is 14.8 Å². The Morgan fingerprint density at radius 3 is 2.58 bits per heavy atom. The minimum Gasteiger partial charge on any atom is -0.388 e. The second-order valence-electron chi connectivity index (χ2n) is 6.83. The predicted molar refractivity (Wildman–Crippen MR) is 73.4 cm³/mol. The summed E-state index contributed by atoms with van der Waals surface area (Å²) in [7, 11) is 0. The summed E-state index contributed by atoms with van der Waals surface area (Å²) in [5, 5.41) is 17.9. The molecule has 0 saturated heterocycles.